The number of ether oxygens (including phenoxy) is 1. The topological polar surface area (TPSA) is 58.6 Å². The third kappa shape index (κ3) is 7.13. The van der Waals surface area contributed by atoms with Gasteiger partial charge in [0, 0.05) is 17.6 Å². The Hall–Kier alpha value is -1.86. The molecule has 2 amide bonds. The number of nitrogens with zero attached hydrogens (tertiary/aromatic N) is 1. The minimum absolute atomic E-state index is 0.149. The summed E-state index contributed by atoms with van der Waals surface area (Å²) in [5.41, 5.74) is 2.11. The molecule has 5 nitrogen and oxygen atoms in total. The van der Waals surface area contributed by atoms with E-state index in [1.165, 1.54) is 5.56 Å². The summed E-state index contributed by atoms with van der Waals surface area (Å²) in [7, 11) is 0. The predicted octanol–water partition coefficient (Wildman–Crippen LogP) is 5.10. The molecule has 0 radical (unpaired) electrons. The summed E-state index contributed by atoms with van der Waals surface area (Å²) in [5, 5.41) is 2.87. The molecule has 1 atom stereocenters. The van der Waals surface area contributed by atoms with Crippen LogP contribution in [-0.4, -0.2) is 35.9 Å². The molecule has 0 aliphatic rings. The lowest BCUT2D eigenvalue weighted by atomic mass is 10.1. The monoisotopic (exact) mass is 538 g/mol. The van der Waals surface area contributed by atoms with Crippen LogP contribution in [0.3, 0.4) is 0 Å². The van der Waals surface area contributed by atoms with E-state index in [4.69, 9.17) is 4.74 Å². The van der Waals surface area contributed by atoms with Gasteiger partial charge in [-0.2, -0.15) is 0 Å². The molecule has 2 aromatic rings. The van der Waals surface area contributed by atoms with Gasteiger partial charge in [0.05, 0.1) is 4.47 Å². The van der Waals surface area contributed by atoms with Crippen LogP contribution in [0.5, 0.6) is 5.75 Å². The molecule has 0 aliphatic carbocycles. The number of carbonyl (C=O) groups excluding carboxylic acids is 2. The van der Waals surface area contributed by atoms with Crippen LogP contribution in [0.25, 0.3) is 0 Å². The average Bonchev–Trinajstić information content (AvgIpc) is 2.74. The number of hydrogen-bond donors (Lipinski definition) is 1. The lowest BCUT2D eigenvalue weighted by molar-refractivity contribution is -0.142. The van der Waals surface area contributed by atoms with Crippen molar-refractivity contribution >= 4 is 43.7 Å². The van der Waals surface area contributed by atoms with Gasteiger partial charge in [-0.1, -0.05) is 48.0 Å². The summed E-state index contributed by atoms with van der Waals surface area (Å²) in [6, 6.07) is 12.9. The standard InChI is InChI=1S/C23H28Br2N2O3/c1-4-11-26-23(29)16(3)27(14-18-7-6-8-19(24)12-18)22(28)15-30-21-10-9-17(5-2)13-20(21)25/h6-10,12-13,16H,4-5,11,14-15H2,1-3H3,(H,26,29)/t16-/m0/s1. The summed E-state index contributed by atoms with van der Waals surface area (Å²) in [5.74, 6) is 0.181. The first kappa shape index (κ1) is 24.4. The molecule has 0 aliphatic heterocycles. The molecule has 0 bridgehead atoms. The van der Waals surface area contributed by atoms with E-state index in [1.807, 2.05) is 49.4 Å². The first-order valence-electron chi connectivity index (χ1n) is 10.1. The number of nitrogens with one attached hydrogen (secondary N) is 1. The lowest BCUT2D eigenvalue weighted by Crippen LogP contribution is -2.49. The Morgan fingerprint density at radius 3 is 2.50 bits per heavy atom. The summed E-state index contributed by atoms with van der Waals surface area (Å²) in [4.78, 5) is 27.2. The number of aryl methyl sites for hydroxylation is 1. The number of benzene rings is 2. The second kappa shape index (κ2) is 12.1. The van der Waals surface area contributed by atoms with Crippen LogP contribution in [0.2, 0.25) is 0 Å². The van der Waals surface area contributed by atoms with Crippen molar-refractivity contribution in [1.82, 2.24) is 10.2 Å². The minimum atomic E-state index is -0.613. The summed E-state index contributed by atoms with van der Waals surface area (Å²) < 4.78 is 7.50. The van der Waals surface area contributed by atoms with Crippen LogP contribution in [0.4, 0.5) is 0 Å². The van der Waals surface area contributed by atoms with E-state index in [2.05, 4.69) is 44.1 Å². The maximum absolute atomic E-state index is 13.1. The third-order valence-corrected chi connectivity index (χ3v) is 5.83. The Morgan fingerprint density at radius 1 is 1.10 bits per heavy atom. The SMILES string of the molecule is CCCNC(=O)[C@H](C)N(Cc1cccc(Br)c1)C(=O)COc1ccc(CC)cc1Br. The van der Waals surface area contributed by atoms with Gasteiger partial charge in [0.25, 0.3) is 5.91 Å². The van der Waals surface area contributed by atoms with Crippen molar-refractivity contribution in [3.05, 3.63) is 62.5 Å². The minimum Gasteiger partial charge on any atom is -0.483 e. The van der Waals surface area contributed by atoms with E-state index in [9.17, 15) is 9.59 Å². The Balaban J connectivity index is 2.15. The first-order valence-corrected chi connectivity index (χ1v) is 11.7. The highest BCUT2D eigenvalue weighted by Crippen LogP contribution is 2.26. The second-order valence-corrected chi connectivity index (χ2v) is 8.80. The summed E-state index contributed by atoms with van der Waals surface area (Å²) in [6.07, 6.45) is 1.76. The number of amides is 2. The Kier molecular flexibility index (Phi) is 9.85. The van der Waals surface area contributed by atoms with E-state index in [0.29, 0.717) is 18.8 Å². The third-order valence-electron chi connectivity index (χ3n) is 4.71. The zero-order valence-electron chi connectivity index (χ0n) is 17.6. The molecule has 162 valence electrons. The number of rotatable bonds is 10. The van der Waals surface area contributed by atoms with E-state index in [1.54, 1.807) is 11.8 Å². The van der Waals surface area contributed by atoms with Crippen LogP contribution >= 0.6 is 31.9 Å². The highest BCUT2D eigenvalue weighted by Gasteiger charge is 2.26. The molecule has 0 saturated heterocycles. The van der Waals surface area contributed by atoms with E-state index in [-0.39, 0.29) is 18.4 Å². The molecular weight excluding hydrogens is 512 g/mol. The van der Waals surface area contributed by atoms with Gasteiger partial charge >= 0.3 is 0 Å². The average molecular weight is 540 g/mol. The van der Waals surface area contributed by atoms with E-state index >= 15 is 0 Å². The molecule has 0 fully saturated rings. The highest BCUT2D eigenvalue weighted by atomic mass is 79.9. The Labute approximate surface area is 195 Å². The van der Waals surface area contributed by atoms with E-state index < -0.39 is 6.04 Å². The molecule has 0 aromatic heterocycles. The molecule has 0 unspecified atom stereocenters. The van der Waals surface area contributed by atoms with Crippen molar-refractivity contribution in [3.8, 4) is 5.75 Å². The molecule has 0 saturated carbocycles. The second-order valence-electron chi connectivity index (χ2n) is 7.03. The summed E-state index contributed by atoms with van der Waals surface area (Å²) in [6.45, 7) is 6.56. The zero-order valence-corrected chi connectivity index (χ0v) is 20.8. The summed E-state index contributed by atoms with van der Waals surface area (Å²) >= 11 is 6.96. The fourth-order valence-corrected chi connectivity index (χ4v) is 3.90. The van der Waals surface area contributed by atoms with Gasteiger partial charge in [0.1, 0.15) is 11.8 Å². The Morgan fingerprint density at radius 2 is 1.87 bits per heavy atom. The molecule has 30 heavy (non-hydrogen) atoms. The molecule has 0 spiro atoms. The van der Waals surface area contributed by atoms with E-state index in [0.717, 1.165) is 27.4 Å². The number of halogens is 2. The van der Waals surface area contributed by atoms with Crippen molar-refractivity contribution in [3.63, 3.8) is 0 Å². The zero-order chi connectivity index (χ0) is 22.1. The maximum atomic E-state index is 13.1. The normalized spacial score (nSPS) is 11.6. The molecule has 2 aromatic carbocycles. The largest absolute Gasteiger partial charge is 0.483 e. The van der Waals surface area contributed by atoms with Gasteiger partial charge in [0.15, 0.2) is 6.61 Å². The molecule has 0 heterocycles. The number of carbonyl (C=O) groups is 2. The van der Waals surface area contributed by atoms with Crippen molar-refractivity contribution in [2.45, 2.75) is 46.2 Å². The van der Waals surface area contributed by atoms with Crippen LogP contribution < -0.4 is 10.1 Å². The van der Waals surface area contributed by atoms with Crippen molar-refractivity contribution in [1.29, 1.82) is 0 Å². The Bertz CT molecular complexity index is 873. The van der Waals surface area contributed by atoms with Crippen LogP contribution in [0.1, 0.15) is 38.3 Å². The molecule has 2 rings (SSSR count). The van der Waals surface area contributed by atoms with Crippen molar-refractivity contribution in [2.75, 3.05) is 13.2 Å². The van der Waals surface area contributed by atoms with Gasteiger partial charge in [0.2, 0.25) is 5.91 Å². The lowest BCUT2D eigenvalue weighted by Gasteiger charge is -2.29. The molecular formula is C23H28Br2N2O3. The highest BCUT2D eigenvalue weighted by molar-refractivity contribution is 9.10. The molecule has 1 N–H and O–H groups in total. The van der Waals surface area contributed by atoms with Gasteiger partial charge in [-0.05, 0) is 71.1 Å². The van der Waals surface area contributed by atoms with Crippen molar-refractivity contribution < 1.29 is 14.3 Å². The fraction of sp³-hybridized carbons (Fsp3) is 0.391. The van der Waals surface area contributed by atoms with Crippen LogP contribution in [0.15, 0.2) is 51.4 Å². The van der Waals surface area contributed by atoms with Gasteiger partial charge < -0.3 is 15.0 Å². The number of hydrogen-bond acceptors (Lipinski definition) is 3. The first-order chi connectivity index (χ1) is 14.3. The van der Waals surface area contributed by atoms with Gasteiger partial charge in [-0.25, -0.2) is 0 Å². The van der Waals surface area contributed by atoms with Crippen molar-refractivity contribution in [2.24, 2.45) is 0 Å². The van der Waals surface area contributed by atoms with Crippen LogP contribution in [-0.2, 0) is 22.6 Å². The van der Waals surface area contributed by atoms with Crippen LogP contribution in [0, 0.1) is 0 Å². The van der Waals surface area contributed by atoms with Gasteiger partial charge in [-0.15, -0.1) is 0 Å². The fourth-order valence-electron chi connectivity index (χ4n) is 2.91. The quantitative estimate of drug-likeness (QED) is 0.457. The molecule has 7 heteroatoms. The predicted molar refractivity (Wildman–Crippen MR) is 126 cm³/mol. The maximum Gasteiger partial charge on any atom is 0.261 e. The smallest absolute Gasteiger partial charge is 0.261 e. The van der Waals surface area contributed by atoms with Gasteiger partial charge in [-0.3, -0.25) is 9.59 Å².